The van der Waals surface area contributed by atoms with Gasteiger partial charge in [-0.15, -0.1) is 39.4 Å². The number of carbonyl (C=O) groups is 3. The smallest absolute Gasteiger partial charge is 0.348 e. The number of esters is 2. The molecule has 0 bridgehead atoms. The van der Waals surface area contributed by atoms with Crippen molar-refractivity contribution in [1.82, 2.24) is 14.8 Å². The number of rotatable bonds is 9. The molecule has 0 radical (unpaired) electrons. The van der Waals surface area contributed by atoms with Crippen LogP contribution in [0.25, 0.3) is 21.5 Å². The minimum atomic E-state index is -0.653. The Hall–Kier alpha value is -3.48. The molecule has 0 unspecified atom stereocenters. The van der Waals surface area contributed by atoms with Crippen LogP contribution in [0.4, 0.5) is 5.00 Å². The molecule has 0 saturated heterocycles. The van der Waals surface area contributed by atoms with Gasteiger partial charge in [0.1, 0.15) is 9.88 Å². The first-order chi connectivity index (χ1) is 17.4. The summed E-state index contributed by atoms with van der Waals surface area (Å²) in [4.78, 5) is 37.4. The van der Waals surface area contributed by atoms with E-state index in [1.165, 1.54) is 26.0 Å². The summed E-state index contributed by atoms with van der Waals surface area (Å²) >= 11 is 3.80. The molecular weight excluding hydrogens is 520 g/mol. The van der Waals surface area contributed by atoms with Crippen LogP contribution in [-0.2, 0) is 20.8 Å². The summed E-state index contributed by atoms with van der Waals surface area (Å²) in [6.07, 6.45) is 1.75. The molecule has 0 aliphatic rings. The van der Waals surface area contributed by atoms with E-state index < -0.39 is 11.9 Å². The van der Waals surface area contributed by atoms with E-state index in [0.29, 0.717) is 23.1 Å². The zero-order valence-corrected chi connectivity index (χ0v) is 22.1. The van der Waals surface area contributed by atoms with Gasteiger partial charge in [0.2, 0.25) is 5.91 Å². The van der Waals surface area contributed by atoms with Gasteiger partial charge in [0, 0.05) is 27.6 Å². The Bertz CT molecular complexity index is 1470. The van der Waals surface area contributed by atoms with Crippen molar-refractivity contribution < 1.29 is 23.9 Å². The number of methoxy groups -OCH3 is 2. The zero-order chi connectivity index (χ0) is 25.8. The quantitative estimate of drug-likeness (QED) is 0.178. The number of hydrogen-bond acceptors (Lipinski definition) is 10. The predicted octanol–water partition coefficient (Wildman–Crippen LogP) is 5.02. The normalized spacial score (nSPS) is 10.9. The maximum atomic E-state index is 12.8. The minimum Gasteiger partial charge on any atom is -0.465 e. The van der Waals surface area contributed by atoms with E-state index in [9.17, 15) is 14.4 Å². The van der Waals surface area contributed by atoms with Gasteiger partial charge in [-0.25, -0.2) is 9.59 Å². The highest BCUT2D eigenvalue weighted by Crippen LogP contribution is 2.36. The molecule has 0 atom stereocenters. The van der Waals surface area contributed by atoms with Crippen molar-refractivity contribution in [2.24, 2.45) is 0 Å². The lowest BCUT2D eigenvalue weighted by Crippen LogP contribution is -2.16. The third-order valence-corrected chi connectivity index (χ3v) is 8.36. The van der Waals surface area contributed by atoms with Gasteiger partial charge in [-0.05, 0) is 18.6 Å². The lowest BCUT2D eigenvalue weighted by molar-refractivity contribution is -0.113. The molecule has 3 aromatic heterocycles. The van der Waals surface area contributed by atoms with Crippen LogP contribution in [0.5, 0.6) is 0 Å². The van der Waals surface area contributed by atoms with Gasteiger partial charge in [0.25, 0.3) is 0 Å². The summed E-state index contributed by atoms with van der Waals surface area (Å²) in [5, 5.41) is 15.3. The molecule has 3 heterocycles. The third-order valence-electron chi connectivity index (χ3n) is 5.24. The van der Waals surface area contributed by atoms with Gasteiger partial charge in [0.15, 0.2) is 11.0 Å². The van der Waals surface area contributed by atoms with Crippen LogP contribution in [0.2, 0.25) is 0 Å². The Morgan fingerprint density at radius 2 is 1.92 bits per heavy atom. The van der Waals surface area contributed by atoms with Gasteiger partial charge < -0.3 is 14.8 Å². The SMILES string of the molecule is C=CCn1c(SCC(=O)Nc2sc(C(=O)OC)c(C)c2C(=O)OC)nnc1-c1csc2ccccc12. The van der Waals surface area contributed by atoms with Crippen molar-refractivity contribution >= 4 is 67.4 Å². The lowest BCUT2D eigenvalue weighted by Gasteiger charge is -2.08. The fourth-order valence-electron chi connectivity index (χ4n) is 3.57. The monoisotopic (exact) mass is 542 g/mol. The summed E-state index contributed by atoms with van der Waals surface area (Å²) in [6.45, 7) is 5.91. The van der Waals surface area contributed by atoms with E-state index in [2.05, 4.69) is 28.2 Å². The Labute approximate surface area is 219 Å². The number of ether oxygens (including phenoxy) is 2. The molecule has 1 N–H and O–H groups in total. The molecule has 1 amide bonds. The van der Waals surface area contributed by atoms with Crippen molar-refractivity contribution in [2.45, 2.75) is 18.6 Å². The second kappa shape index (κ2) is 11.1. The average molecular weight is 543 g/mol. The first-order valence-corrected chi connectivity index (χ1v) is 13.3. The number of carbonyl (C=O) groups excluding carboxylic acids is 3. The van der Waals surface area contributed by atoms with Crippen molar-refractivity contribution in [3.8, 4) is 11.4 Å². The summed E-state index contributed by atoms with van der Waals surface area (Å²) in [7, 11) is 2.49. The van der Waals surface area contributed by atoms with Gasteiger partial charge in [-0.3, -0.25) is 9.36 Å². The lowest BCUT2D eigenvalue weighted by atomic mass is 10.1. The van der Waals surface area contributed by atoms with Crippen LogP contribution >= 0.6 is 34.4 Å². The number of thioether (sulfide) groups is 1. The minimum absolute atomic E-state index is 0.00474. The number of nitrogens with zero attached hydrogens (tertiary/aromatic N) is 3. The number of benzene rings is 1. The number of anilines is 1. The van der Waals surface area contributed by atoms with Crippen molar-refractivity contribution in [1.29, 1.82) is 0 Å². The first-order valence-electron chi connectivity index (χ1n) is 10.6. The standard InChI is InChI=1S/C24H22N4O5S3/c1-5-10-28-20(15-11-34-16-9-7-6-8-14(15)16)26-27-24(28)35-12-17(29)25-21-18(22(30)32-3)13(2)19(36-21)23(31)33-4/h5-9,11H,1,10,12H2,2-4H3,(H,25,29). The summed E-state index contributed by atoms with van der Waals surface area (Å²) < 4.78 is 12.7. The third kappa shape index (κ3) is 4.92. The van der Waals surface area contributed by atoms with Gasteiger partial charge >= 0.3 is 11.9 Å². The molecule has 186 valence electrons. The molecule has 12 heteroatoms. The molecular formula is C24H22N4O5S3. The van der Waals surface area contributed by atoms with E-state index >= 15 is 0 Å². The molecule has 0 aliphatic carbocycles. The van der Waals surface area contributed by atoms with Crippen LogP contribution in [0.3, 0.4) is 0 Å². The Morgan fingerprint density at radius 3 is 2.64 bits per heavy atom. The number of thiophene rings is 2. The van der Waals surface area contributed by atoms with Crippen molar-refractivity contribution in [3.63, 3.8) is 0 Å². The highest BCUT2D eigenvalue weighted by molar-refractivity contribution is 7.99. The summed E-state index contributed by atoms with van der Waals surface area (Å²) in [6, 6.07) is 8.07. The molecule has 36 heavy (non-hydrogen) atoms. The van der Waals surface area contributed by atoms with E-state index in [4.69, 9.17) is 9.47 Å². The highest BCUT2D eigenvalue weighted by Gasteiger charge is 2.27. The van der Waals surface area contributed by atoms with E-state index in [1.54, 1.807) is 24.3 Å². The van der Waals surface area contributed by atoms with Crippen LogP contribution in [0.15, 0.2) is 47.5 Å². The van der Waals surface area contributed by atoms with E-state index in [0.717, 1.165) is 27.0 Å². The van der Waals surface area contributed by atoms with Crippen LogP contribution in [-0.4, -0.2) is 52.6 Å². The second-order valence-corrected chi connectivity index (χ2v) is 10.3. The molecule has 9 nitrogen and oxygen atoms in total. The number of hydrogen-bond donors (Lipinski definition) is 1. The molecule has 0 spiro atoms. The average Bonchev–Trinajstić information content (AvgIpc) is 3.57. The fraction of sp³-hybridized carbons (Fsp3) is 0.208. The molecule has 4 rings (SSSR count). The van der Waals surface area contributed by atoms with E-state index in [-0.39, 0.29) is 27.1 Å². The summed E-state index contributed by atoms with van der Waals surface area (Å²) in [5.41, 5.74) is 1.48. The van der Waals surface area contributed by atoms with Crippen LogP contribution < -0.4 is 5.32 Å². The zero-order valence-electron chi connectivity index (χ0n) is 19.7. The maximum absolute atomic E-state index is 12.8. The van der Waals surface area contributed by atoms with Crippen LogP contribution in [0, 0.1) is 6.92 Å². The largest absolute Gasteiger partial charge is 0.465 e. The molecule has 1 aromatic carbocycles. The molecule has 0 aliphatic heterocycles. The summed E-state index contributed by atoms with van der Waals surface area (Å²) in [5.74, 6) is -0.924. The Balaban J connectivity index is 1.55. The molecule has 0 fully saturated rings. The van der Waals surface area contributed by atoms with Crippen molar-refractivity contribution in [2.75, 3.05) is 25.3 Å². The molecule has 4 aromatic rings. The topological polar surface area (TPSA) is 112 Å². The van der Waals surface area contributed by atoms with Crippen LogP contribution in [0.1, 0.15) is 25.6 Å². The number of amides is 1. The Kier molecular flexibility index (Phi) is 7.87. The highest BCUT2D eigenvalue weighted by atomic mass is 32.2. The number of nitrogens with one attached hydrogen (secondary N) is 1. The number of allylic oxidation sites excluding steroid dienone is 1. The number of fused-ring (bicyclic) bond motifs is 1. The second-order valence-electron chi connectivity index (χ2n) is 7.43. The fourth-order valence-corrected chi connectivity index (χ4v) is 6.39. The van der Waals surface area contributed by atoms with Crippen molar-refractivity contribution in [3.05, 3.63) is 58.3 Å². The maximum Gasteiger partial charge on any atom is 0.348 e. The Morgan fingerprint density at radius 1 is 1.17 bits per heavy atom. The van der Waals surface area contributed by atoms with Gasteiger partial charge in [-0.1, -0.05) is 36.0 Å². The van der Waals surface area contributed by atoms with Gasteiger partial charge in [0.05, 0.1) is 25.5 Å². The van der Waals surface area contributed by atoms with Gasteiger partial charge in [-0.2, -0.15) is 0 Å². The molecule has 0 saturated carbocycles. The van der Waals surface area contributed by atoms with E-state index in [1.807, 2.05) is 28.1 Å². The number of aromatic nitrogens is 3. The predicted molar refractivity (Wildman–Crippen MR) is 142 cm³/mol. The first kappa shape index (κ1) is 25.6.